The van der Waals surface area contributed by atoms with Gasteiger partial charge in [0.2, 0.25) is 0 Å². The molecule has 1 aliphatic heterocycles. The van der Waals surface area contributed by atoms with Crippen LogP contribution in [0, 0.1) is 5.92 Å². The molecule has 0 spiro atoms. The second-order valence-electron chi connectivity index (χ2n) is 7.88. The summed E-state index contributed by atoms with van der Waals surface area (Å²) in [7, 11) is 1.70. The van der Waals surface area contributed by atoms with Gasteiger partial charge in [-0.25, -0.2) is 9.97 Å². The predicted molar refractivity (Wildman–Crippen MR) is 124 cm³/mol. The van der Waals surface area contributed by atoms with Gasteiger partial charge < -0.3 is 9.64 Å². The first-order valence-electron chi connectivity index (χ1n) is 10.5. The van der Waals surface area contributed by atoms with Crippen molar-refractivity contribution in [1.29, 1.82) is 0 Å². The van der Waals surface area contributed by atoms with Crippen LogP contribution in [-0.2, 0) is 6.42 Å². The zero-order valence-electron chi connectivity index (χ0n) is 17.1. The number of fused-ring (bicyclic) bond motifs is 1. The van der Waals surface area contributed by atoms with Crippen molar-refractivity contribution in [3.63, 3.8) is 0 Å². The molecular formula is C25H25N3OS. The molecule has 5 rings (SSSR count). The zero-order chi connectivity index (χ0) is 20.3. The molecule has 1 saturated heterocycles. The number of hydrogen-bond donors (Lipinski definition) is 0. The lowest BCUT2D eigenvalue weighted by molar-refractivity contribution is 0.403. The van der Waals surface area contributed by atoms with Gasteiger partial charge in [-0.15, -0.1) is 11.3 Å². The van der Waals surface area contributed by atoms with Crippen LogP contribution >= 0.6 is 11.3 Å². The second kappa shape index (κ2) is 8.44. The van der Waals surface area contributed by atoms with Crippen molar-refractivity contribution in [2.24, 2.45) is 5.92 Å². The van der Waals surface area contributed by atoms with Crippen molar-refractivity contribution in [2.45, 2.75) is 19.3 Å². The minimum Gasteiger partial charge on any atom is -0.497 e. The molecule has 4 aromatic rings. The fourth-order valence-electron chi connectivity index (χ4n) is 4.38. The number of ether oxygens (including phenoxy) is 1. The molecule has 0 radical (unpaired) electrons. The van der Waals surface area contributed by atoms with Crippen LogP contribution < -0.4 is 9.64 Å². The van der Waals surface area contributed by atoms with Gasteiger partial charge in [-0.1, -0.05) is 42.5 Å². The minimum absolute atomic E-state index is 0.740. The van der Waals surface area contributed by atoms with E-state index < -0.39 is 0 Å². The Hall–Kier alpha value is -2.92. The van der Waals surface area contributed by atoms with Crippen molar-refractivity contribution in [2.75, 3.05) is 25.1 Å². The van der Waals surface area contributed by atoms with E-state index in [0.29, 0.717) is 0 Å². The van der Waals surface area contributed by atoms with E-state index in [1.54, 1.807) is 24.8 Å². The van der Waals surface area contributed by atoms with Crippen LogP contribution in [0.4, 0.5) is 5.82 Å². The van der Waals surface area contributed by atoms with Crippen molar-refractivity contribution >= 4 is 27.4 Å². The highest BCUT2D eigenvalue weighted by Gasteiger charge is 2.23. The first kappa shape index (κ1) is 19.1. The molecule has 0 N–H and O–H groups in total. The Bertz CT molecular complexity index is 1120. The van der Waals surface area contributed by atoms with Gasteiger partial charge in [0.15, 0.2) is 0 Å². The molecule has 1 aliphatic rings. The normalized spacial score (nSPS) is 14.9. The number of benzene rings is 2. The highest BCUT2D eigenvalue weighted by atomic mass is 32.1. The van der Waals surface area contributed by atoms with E-state index in [4.69, 9.17) is 9.72 Å². The summed E-state index contributed by atoms with van der Waals surface area (Å²) in [5.41, 5.74) is 3.83. The van der Waals surface area contributed by atoms with Crippen LogP contribution in [0.15, 0.2) is 66.3 Å². The smallest absolute Gasteiger partial charge is 0.141 e. The highest BCUT2D eigenvalue weighted by Crippen LogP contribution is 2.39. The van der Waals surface area contributed by atoms with Crippen molar-refractivity contribution in [1.82, 2.24) is 9.97 Å². The maximum Gasteiger partial charge on any atom is 0.141 e. The summed E-state index contributed by atoms with van der Waals surface area (Å²) >= 11 is 1.69. The number of piperidine rings is 1. The van der Waals surface area contributed by atoms with Crippen LogP contribution in [0.1, 0.15) is 18.4 Å². The largest absolute Gasteiger partial charge is 0.497 e. The minimum atomic E-state index is 0.740. The Morgan fingerprint density at radius 2 is 1.77 bits per heavy atom. The molecule has 0 atom stereocenters. The fourth-order valence-corrected chi connectivity index (χ4v) is 5.29. The summed E-state index contributed by atoms with van der Waals surface area (Å²) < 4.78 is 5.32. The van der Waals surface area contributed by atoms with Gasteiger partial charge in [-0.05, 0) is 48.4 Å². The van der Waals surface area contributed by atoms with Gasteiger partial charge >= 0.3 is 0 Å². The van der Waals surface area contributed by atoms with E-state index in [0.717, 1.165) is 35.4 Å². The molecule has 5 heteroatoms. The number of thiophene rings is 1. The molecule has 0 unspecified atom stereocenters. The Labute approximate surface area is 181 Å². The number of hydrogen-bond acceptors (Lipinski definition) is 5. The summed E-state index contributed by atoms with van der Waals surface area (Å²) in [5, 5.41) is 3.38. The molecular weight excluding hydrogens is 390 g/mol. The van der Waals surface area contributed by atoms with Gasteiger partial charge in [0.05, 0.1) is 12.5 Å². The average Bonchev–Trinajstić information content (AvgIpc) is 3.25. The summed E-state index contributed by atoms with van der Waals surface area (Å²) in [6.45, 7) is 2.09. The Balaban J connectivity index is 1.39. The van der Waals surface area contributed by atoms with Crippen LogP contribution in [0.5, 0.6) is 5.75 Å². The lowest BCUT2D eigenvalue weighted by atomic mass is 9.90. The van der Waals surface area contributed by atoms with E-state index in [1.807, 2.05) is 12.1 Å². The quantitative estimate of drug-likeness (QED) is 0.411. The van der Waals surface area contributed by atoms with Gasteiger partial charge in [-0.3, -0.25) is 0 Å². The molecule has 0 saturated carbocycles. The van der Waals surface area contributed by atoms with Gasteiger partial charge in [-0.2, -0.15) is 0 Å². The molecule has 2 aromatic carbocycles. The third-order valence-electron chi connectivity index (χ3n) is 6.03. The first-order valence-corrected chi connectivity index (χ1v) is 11.4. The number of rotatable bonds is 5. The summed E-state index contributed by atoms with van der Waals surface area (Å²) in [5.74, 6) is 2.69. The zero-order valence-corrected chi connectivity index (χ0v) is 17.9. The molecule has 0 aliphatic carbocycles. The monoisotopic (exact) mass is 415 g/mol. The third-order valence-corrected chi connectivity index (χ3v) is 6.92. The number of nitrogens with zero attached hydrogens (tertiary/aromatic N) is 3. The lowest BCUT2D eigenvalue weighted by Gasteiger charge is -2.33. The van der Waals surface area contributed by atoms with E-state index in [2.05, 4.69) is 57.7 Å². The van der Waals surface area contributed by atoms with Crippen molar-refractivity contribution in [3.8, 4) is 16.9 Å². The molecule has 0 bridgehead atoms. The third kappa shape index (κ3) is 3.77. The fraction of sp³-hybridized carbons (Fsp3) is 0.280. The van der Waals surface area contributed by atoms with Crippen LogP contribution in [-0.4, -0.2) is 30.2 Å². The number of methoxy groups -OCH3 is 1. The van der Waals surface area contributed by atoms with E-state index >= 15 is 0 Å². The maximum absolute atomic E-state index is 5.32. The first-order chi connectivity index (χ1) is 14.8. The van der Waals surface area contributed by atoms with Gasteiger partial charge in [0.1, 0.15) is 22.7 Å². The topological polar surface area (TPSA) is 38.3 Å². The Morgan fingerprint density at radius 3 is 2.50 bits per heavy atom. The number of anilines is 1. The van der Waals surface area contributed by atoms with Crippen molar-refractivity contribution in [3.05, 3.63) is 71.9 Å². The Morgan fingerprint density at radius 1 is 1.00 bits per heavy atom. The van der Waals surface area contributed by atoms with Crippen LogP contribution in [0.2, 0.25) is 0 Å². The van der Waals surface area contributed by atoms with Crippen LogP contribution in [0.25, 0.3) is 21.3 Å². The molecule has 3 heterocycles. The molecule has 30 heavy (non-hydrogen) atoms. The standard InChI is InChI=1S/C25H25N3OS/c1-29-21-9-7-20(8-10-21)22-16-30-25-23(22)24(26-17-27-25)28-13-11-19(12-14-28)15-18-5-3-2-4-6-18/h2-10,16-17,19H,11-15H2,1H3. The van der Waals surface area contributed by atoms with Crippen molar-refractivity contribution < 1.29 is 4.74 Å². The maximum atomic E-state index is 5.32. The number of aromatic nitrogens is 2. The Kier molecular flexibility index (Phi) is 5.37. The SMILES string of the molecule is COc1ccc(-c2csc3ncnc(N4CCC(Cc5ccccc5)CC4)c23)cc1. The lowest BCUT2D eigenvalue weighted by Crippen LogP contribution is -2.35. The summed E-state index contributed by atoms with van der Waals surface area (Å²) in [6.07, 6.45) is 5.27. The summed E-state index contributed by atoms with van der Waals surface area (Å²) in [4.78, 5) is 12.8. The molecule has 2 aromatic heterocycles. The van der Waals surface area contributed by atoms with Gasteiger partial charge in [0, 0.05) is 24.0 Å². The summed E-state index contributed by atoms with van der Waals surface area (Å²) in [6, 6.07) is 19.1. The average molecular weight is 416 g/mol. The van der Waals surface area contributed by atoms with E-state index in [1.165, 1.54) is 41.3 Å². The van der Waals surface area contributed by atoms with Crippen LogP contribution in [0.3, 0.4) is 0 Å². The molecule has 4 nitrogen and oxygen atoms in total. The highest BCUT2D eigenvalue weighted by molar-refractivity contribution is 7.17. The molecule has 0 amide bonds. The predicted octanol–water partition coefficient (Wildman–Crippen LogP) is 5.83. The van der Waals surface area contributed by atoms with E-state index in [-0.39, 0.29) is 0 Å². The van der Waals surface area contributed by atoms with Gasteiger partial charge in [0.25, 0.3) is 0 Å². The van der Waals surface area contributed by atoms with E-state index in [9.17, 15) is 0 Å². The second-order valence-corrected chi connectivity index (χ2v) is 8.73. The molecule has 152 valence electrons. The molecule has 1 fully saturated rings.